The molecule has 90 valence electrons. The van der Waals surface area contributed by atoms with Gasteiger partial charge >= 0.3 is 0 Å². The van der Waals surface area contributed by atoms with Crippen molar-refractivity contribution in [2.45, 2.75) is 26.4 Å². The van der Waals surface area contributed by atoms with E-state index in [1.807, 2.05) is 6.92 Å². The van der Waals surface area contributed by atoms with Crippen LogP contribution in [0, 0.1) is 0 Å². The van der Waals surface area contributed by atoms with Crippen molar-refractivity contribution in [3.63, 3.8) is 0 Å². The number of aryl methyl sites for hydroxylation is 2. The molecule has 0 bridgehead atoms. The van der Waals surface area contributed by atoms with Gasteiger partial charge in [0.25, 0.3) is 5.91 Å². The van der Waals surface area contributed by atoms with Crippen LogP contribution in [0.25, 0.3) is 0 Å². The quantitative estimate of drug-likeness (QED) is 0.655. The van der Waals surface area contributed by atoms with Crippen LogP contribution >= 0.6 is 0 Å². The molecular formula is C10H18N4O2. The summed E-state index contributed by atoms with van der Waals surface area (Å²) in [6.45, 7) is 3.73. The smallest absolute Gasteiger partial charge is 0.271 e. The molecular weight excluding hydrogens is 208 g/mol. The number of aromatic nitrogens is 2. The molecule has 1 atom stereocenters. The van der Waals surface area contributed by atoms with E-state index < -0.39 is 6.10 Å². The summed E-state index contributed by atoms with van der Waals surface area (Å²) >= 11 is 0. The maximum Gasteiger partial charge on any atom is 0.271 e. The Balaban J connectivity index is 2.86. The average Bonchev–Trinajstić information content (AvgIpc) is 2.50. The van der Waals surface area contributed by atoms with Gasteiger partial charge < -0.3 is 16.2 Å². The molecule has 0 aromatic carbocycles. The summed E-state index contributed by atoms with van der Waals surface area (Å²) in [5.74, 6) is -0.312. The van der Waals surface area contributed by atoms with E-state index in [9.17, 15) is 4.79 Å². The monoisotopic (exact) mass is 226 g/mol. The van der Waals surface area contributed by atoms with E-state index in [0.717, 1.165) is 0 Å². The van der Waals surface area contributed by atoms with Crippen molar-refractivity contribution in [1.82, 2.24) is 15.1 Å². The number of nitrogens with one attached hydrogen (secondary N) is 1. The topological polar surface area (TPSA) is 93.2 Å². The number of anilines is 1. The molecule has 16 heavy (non-hydrogen) atoms. The number of amides is 1. The van der Waals surface area contributed by atoms with Crippen LogP contribution in [-0.4, -0.2) is 33.4 Å². The van der Waals surface area contributed by atoms with Crippen LogP contribution in [0.5, 0.6) is 0 Å². The van der Waals surface area contributed by atoms with Crippen LogP contribution in [0.4, 0.5) is 5.69 Å². The van der Waals surface area contributed by atoms with E-state index in [2.05, 4.69) is 10.4 Å². The molecule has 0 radical (unpaired) electrons. The largest absolute Gasteiger partial charge is 0.395 e. The number of nitrogen functional groups attached to an aromatic ring is 1. The predicted molar refractivity (Wildman–Crippen MR) is 61.0 cm³/mol. The van der Waals surface area contributed by atoms with E-state index in [1.54, 1.807) is 14.0 Å². The zero-order valence-electron chi connectivity index (χ0n) is 9.82. The Morgan fingerprint density at radius 3 is 2.75 bits per heavy atom. The lowest BCUT2D eigenvalue weighted by Gasteiger charge is -2.07. The van der Waals surface area contributed by atoms with Gasteiger partial charge in [0.1, 0.15) is 5.69 Å². The fourth-order valence-corrected chi connectivity index (χ4v) is 1.45. The number of aliphatic hydroxyl groups excluding tert-OH is 1. The van der Waals surface area contributed by atoms with Gasteiger partial charge in [-0.15, -0.1) is 0 Å². The fourth-order valence-electron chi connectivity index (χ4n) is 1.45. The van der Waals surface area contributed by atoms with Crippen LogP contribution < -0.4 is 11.1 Å². The molecule has 1 heterocycles. The number of hydrogen-bond acceptors (Lipinski definition) is 4. The van der Waals surface area contributed by atoms with Crippen molar-refractivity contribution in [2.75, 3.05) is 12.3 Å². The molecule has 1 amide bonds. The number of carbonyl (C=O) groups is 1. The van der Waals surface area contributed by atoms with E-state index >= 15 is 0 Å². The Kier molecular flexibility index (Phi) is 3.89. The molecule has 0 fully saturated rings. The lowest BCUT2D eigenvalue weighted by atomic mass is 10.2. The third-order valence-electron chi connectivity index (χ3n) is 2.27. The summed E-state index contributed by atoms with van der Waals surface area (Å²) in [6, 6.07) is 0. The number of hydrogen-bond donors (Lipinski definition) is 3. The van der Waals surface area contributed by atoms with Crippen LogP contribution in [0.2, 0.25) is 0 Å². The minimum atomic E-state index is -0.580. The predicted octanol–water partition coefficient (Wildman–Crippen LogP) is -0.325. The fraction of sp³-hybridized carbons (Fsp3) is 0.600. The first-order valence-corrected chi connectivity index (χ1v) is 5.25. The molecule has 0 aliphatic heterocycles. The molecule has 0 unspecified atom stereocenters. The second-order valence-corrected chi connectivity index (χ2v) is 3.75. The van der Waals surface area contributed by atoms with E-state index in [4.69, 9.17) is 10.8 Å². The summed E-state index contributed by atoms with van der Waals surface area (Å²) in [6.07, 6.45) is 0.104. The van der Waals surface area contributed by atoms with Gasteiger partial charge in [0, 0.05) is 13.6 Å². The van der Waals surface area contributed by atoms with Crippen molar-refractivity contribution < 1.29 is 9.90 Å². The number of nitrogens with two attached hydrogens (primary N) is 1. The second kappa shape index (κ2) is 4.98. The molecule has 0 spiro atoms. The molecule has 6 heteroatoms. The highest BCUT2D eigenvalue weighted by Crippen LogP contribution is 2.16. The summed E-state index contributed by atoms with van der Waals surface area (Å²) < 4.78 is 1.46. The third-order valence-corrected chi connectivity index (χ3v) is 2.27. The van der Waals surface area contributed by atoms with Crippen LogP contribution in [-0.2, 0) is 13.5 Å². The molecule has 1 aromatic rings. The van der Waals surface area contributed by atoms with Crippen LogP contribution in [0.15, 0.2) is 0 Å². The molecule has 0 aliphatic rings. The molecule has 4 N–H and O–H groups in total. The van der Waals surface area contributed by atoms with E-state index in [-0.39, 0.29) is 12.5 Å². The van der Waals surface area contributed by atoms with Gasteiger partial charge in [-0.3, -0.25) is 9.48 Å². The molecule has 1 rings (SSSR count). The summed E-state index contributed by atoms with van der Waals surface area (Å²) in [7, 11) is 1.67. The van der Waals surface area contributed by atoms with E-state index in [1.165, 1.54) is 4.68 Å². The number of nitrogens with zero attached hydrogens (tertiary/aromatic N) is 2. The molecule has 1 aromatic heterocycles. The Morgan fingerprint density at radius 2 is 2.31 bits per heavy atom. The summed E-state index contributed by atoms with van der Waals surface area (Å²) in [4.78, 5) is 11.8. The highest BCUT2D eigenvalue weighted by Gasteiger charge is 2.18. The highest BCUT2D eigenvalue weighted by molar-refractivity contribution is 5.97. The first kappa shape index (κ1) is 12.5. The van der Waals surface area contributed by atoms with Crippen molar-refractivity contribution >= 4 is 11.6 Å². The molecule has 0 aliphatic carbocycles. The Morgan fingerprint density at radius 1 is 1.69 bits per heavy atom. The van der Waals surface area contributed by atoms with Crippen LogP contribution in [0.1, 0.15) is 30.0 Å². The summed E-state index contributed by atoms with van der Waals surface area (Å²) in [5.41, 5.74) is 7.28. The highest BCUT2D eigenvalue weighted by atomic mass is 16.3. The van der Waals surface area contributed by atoms with Crippen molar-refractivity contribution in [1.29, 1.82) is 0 Å². The minimum absolute atomic E-state index is 0.199. The lowest BCUT2D eigenvalue weighted by Crippen LogP contribution is -2.32. The normalized spacial score (nSPS) is 12.5. The molecule has 6 nitrogen and oxygen atoms in total. The molecule has 0 saturated carbocycles. The standard InChI is InChI=1S/C10H18N4O2/c1-4-7-8(11)9(14(3)13-7)10(16)12-5-6(2)15/h6,15H,4-5,11H2,1-3H3,(H,12,16)/t6-/m1/s1. The molecule has 0 saturated heterocycles. The van der Waals surface area contributed by atoms with Gasteiger partial charge in [-0.05, 0) is 13.3 Å². The van der Waals surface area contributed by atoms with E-state index in [0.29, 0.717) is 23.5 Å². The van der Waals surface area contributed by atoms with Gasteiger partial charge in [0.2, 0.25) is 0 Å². The number of rotatable bonds is 4. The van der Waals surface area contributed by atoms with Gasteiger partial charge in [-0.1, -0.05) is 6.92 Å². The third kappa shape index (κ3) is 2.52. The number of carbonyl (C=O) groups excluding carboxylic acids is 1. The average molecular weight is 226 g/mol. The maximum absolute atomic E-state index is 11.8. The minimum Gasteiger partial charge on any atom is -0.395 e. The SMILES string of the molecule is CCc1nn(C)c(C(=O)NC[C@@H](C)O)c1N. The zero-order chi connectivity index (χ0) is 12.3. The lowest BCUT2D eigenvalue weighted by molar-refractivity contribution is 0.0915. The maximum atomic E-state index is 11.8. The Hall–Kier alpha value is -1.56. The Labute approximate surface area is 94.4 Å². The van der Waals surface area contributed by atoms with Crippen molar-refractivity contribution in [3.8, 4) is 0 Å². The van der Waals surface area contributed by atoms with Gasteiger partial charge in [-0.2, -0.15) is 5.10 Å². The van der Waals surface area contributed by atoms with Crippen molar-refractivity contribution in [3.05, 3.63) is 11.4 Å². The van der Waals surface area contributed by atoms with Crippen molar-refractivity contribution in [2.24, 2.45) is 7.05 Å². The number of aliphatic hydroxyl groups is 1. The van der Waals surface area contributed by atoms with Gasteiger partial charge in [0.05, 0.1) is 17.5 Å². The second-order valence-electron chi connectivity index (χ2n) is 3.75. The Bertz CT molecular complexity index is 384. The van der Waals surface area contributed by atoms with Gasteiger partial charge in [-0.25, -0.2) is 0 Å². The first-order chi connectivity index (χ1) is 7.47. The van der Waals surface area contributed by atoms with Gasteiger partial charge in [0.15, 0.2) is 0 Å². The summed E-state index contributed by atoms with van der Waals surface area (Å²) in [5, 5.41) is 15.8. The first-order valence-electron chi connectivity index (χ1n) is 5.25. The zero-order valence-corrected chi connectivity index (χ0v) is 9.82. The van der Waals surface area contributed by atoms with Crippen LogP contribution in [0.3, 0.4) is 0 Å².